The number of rotatable bonds is 9. The molecule has 3 N–H and O–H groups in total. The van der Waals surface area contributed by atoms with E-state index in [9.17, 15) is 23.1 Å². The van der Waals surface area contributed by atoms with Gasteiger partial charge in [0.1, 0.15) is 11.4 Å². The van der Waals surface area contributed by atoms with E-state index < -0.39 is 17.8 Å². The van der Waals surface area contributed by atoms with E-state index in [2.05, 4.69) is 40.5 Å². The zero-order valence-corrected chi connectivity index (χ0v) is 26.8. The van der Waals surface area contributed by atoms with E-state index in [0.29, 0.717) is 56.2 Å². The molecule has 0 bridgehead atoms. The summed E-state index contributed by atoms with van der Waals surface area (Å²) in [6.45, 7) is 0.855. The quantitative estimate of drug-likeness (QED) is 0.223. The molecule has 2 fully saturated rings. The molecule has 0 unspecified atom stereocenters. The highest BCUT2D eigenvalue weighted by molar-refractivity contribution is 5.90. The molecule has 49 heavy (non-hydrogen) atoms. The lowest BCUT2D eigenvalue weighted by Crippen LogP contribution is -2.49. The number of urea groups is 1. The smallest absolute Gasteiger partial charge is 0.421 e. The van der Waals surface area contributed by atoms with Crippen molar-refractivity contribution >= 4 is 23.7 Å². The topological polar surface area (TPSA) is 154 Å². The maximum absolute atomic E-state index is 13.8. The van der Waals surface area contributed by atoms with Crippen molar-refractivity contribution in [3.05, 3.63) is 72.4 Å². The monoisotopic (exact) mass is 678 g/mol. The molecular weight excluding hydrogens is 641 g/mol. The molecule has 4 heterocycles. The molecule has 1 saturated heterocycles. The molecule has 1 aromatic carbocycles. The lowest BCUT2D eigenvalue weighted by atomic mass is 9.90. The van der Waals surface area contributed by atoms with Crippen LogP contribution in [0.25, 0.3) is 11.1 Å². The van der Waals surface area contributed by atoms with Gasteiger partial charge in [-0.05, 0) is 44.1 Å². The van der Waals surface area contributed by atoms with E-state index in [1.165, 1.54) is 7.11 Å². The number of methoxy groups -OCH3 is 1. The van der Waals surface area contributed by atoms with E-state index in [1.54, 1.807) is 34.6 Å². The van der Waals surface area contributed by atoms with Crippen LogP contribution in [0.1, 0.15) is 49.7 Å². The van der Waals surface area contributed by atoms with Gasteiger partial charge in [0.05, 0.1) is 13.2 Å². The minimum absolute atomic E-state index is 0.108. The van der Waals surface area contributed by atoms with Crippen molar-refractivity contribution in [3.8, 4) is 17.1 Å². The molecule has 0 spiro atoms. The summed E-state index contributed by atoms with van der Waals surface area (Å²) in [4.78, 5) is 42.5. The number of ether oxygens (including phenoxy) is 1. The van der Waals surface area contributed by atoms with Crippen LogP contribution in [0.5, 0.6) is 6.01 Å². The Hall–Kier alpha value is -5.12. The van der Waals surface area contributed by atoms with Crippen LogP contribution in [-0.2, 0) is 12.7 Å². The summed E-state index contributed by atoms with van der Waals surface area (Å²) in [5.74, 6) is 0.160. The van der Waals surface area contributed by atoms with E-state index in [1.807, 2.05) is 30.3 Å². The Balaban J connectivity index is 1.16. The van der Waals surface area contributed by atoms with Crippen molar-refractivity contribution in [2.75, 3.05) is 35.3 Å². The van der Waals surface area contributed by atoms with E-state index in [4.69, 9.17) is 4.74 Å². The molecule has 0 atom stereocenters. The Morgan fingerprint density at radius 3 is 2.16 bits per heavy atom. The van der Waals surface area contributed by atoms with Crippen LogP contribution < -0.4 is 25.2 Å². The molecule has 2 aliphatic rings. The number of alkyl halides is 3. The van der Waals surface area contributed by atoms with Gasteiger partial charge in [-0.3, -0.25) is 4.90 Å². The fourth-order valence-electron chi connectivity index (χ4n) is 6.07. The molecule has 258 valence electrons. The van der Waals surface area contributed by atoms with Crippen LogP contribution in [0.2, 0.25) is 0 Å². The Morgan fingerprint density at radius 1 is 0.918 bits per heavy atom. The predicted octanol–water partition coefficient (Wildman–Crippen LogP) is 4.85. The van der Waals surface area contributed by atoms with Crippen LogP contribution >= 0.6 is 0 Å². The van der Waals surface area contributed by atoms with Crippen LogP contribution in [0.3, 0.4) is 0 Å². The number of amides is 2. The number of benzene rings is 1. The average Bonchev–Trinajstić information content (AvgIpc) is 3.12. The number of aromatic nitrogens is 6. The number of aliphatic hydroxyl groups is 1. The summed E-state index contributed by atoms with van der Waals surface area (Å²) in [7, 11) is 1.48. The normalized spacial score (nSPS) is 18.5. The number of nitrogens with one attached hydrogen (secondary N) is 2. The number of nitrogens with zero attached hydrogens (tertiary/aromatic N) is 8. The maximum atomic E-state index is 13.8. The van der Waals surface area contributed by atoms with Crippen molar-refractivity contribution in [1.82, 2.24) is 35.2 Å². The number of piperidine rings is 1. The first-order valence-electron chi connectivity index (χ1n) is 16.1. The number of anilines is 3. The third-order valence-corrected chi connectivity index (χ3v) is 8.74. The van der Waals surface area contributed by atoms with Crippen molar-refractivity contribution in [1.29, 1.82) is 0 Å². The number of carbonyl (C=O) groups is 1. The summed E-state index contributed by atoms with van der Waals surface area (Å²) in [5, 5.41) is 16.1. The van der Waals surface area contributed by atoms with Gasteiger partial charge in [-0.1, -0.05) is 30.3 Å². The molecule has 1 aliphatic carbocycles. The lowest BCUT2D eigenvalue weighted by molar-refractivity contribution is -0.137. The van der Waals surface area contributed by atoms with E-state index >= 15 is 0 Å². The van der Waals surface area contributed by atoms with Crippen molar-refractivity contribution in [2.24, 2.45) is 0 Å². The van der Waals surface area contributed by atoms with Gasteiger partial charge in [0.25, 0.3) is 0 Å². The third-order valence-electron chi connectivity index (χ3n) is 8.74. The summed E-state index contributed by atoms with van der Waals surface area (Å²) >= 11 is 0. The fraction of sp³-hybridized carbons (Fsp3) is 0.424. The molecule has 16 heteroatoms. The number of carbonyl (C=O) groups excluding carboxylic acids is 1. The van der Waals surface area contributed by atoms with Crippen molar-refractivity contribution in [2.45, 2.75) is 69.4 Å². The van der Waals surface area contributed by atoms with Gasteiger partial charge < -0.3 is 25.4 Å². The number of hydrogen-bond acceptors (Lipinski definition) is 11. The summed E-state index contributed by atoms with van der Waals surface area (Å²) in [5.41, 5.74) is 1.39. The number of hydrogen-bond donors (Lipinski definition) is 3. The zero-order chi connectivity index (χ0) is 34.4. The van der Waals surface area contributed by atoms with Crippen molar-refractivity contribution in [3.63, 3.8) is 0 Å². The summed E-state index contributed by atoms with van der Waals surface area (Å²) in [6.07, 6.45) is 5.18. The number of aliphatic hydroxyl groups excluding tert-OH is 1. The van der Waals surface area contributed by atoms with Gasteiger partial charge >= 0.3 is 18.2 Å². The van der Waals surface area contributed by atoms with E-state index in [-0.39, 0.29) is 54.9 Å². The molecule has 0 radical (unpaired) electrons. The Morgan fingerprint density at radius 2 is 1.55 bits per heavy atom. The van der Waals surface area contributed by atoms with Gasteiger partial charge in [0.15, 0.2) is 0 Å². The van der Waals surface area contributed by atoms with Crippen LogP contribution in [0.4, 0.5) is 35.7 Å². The second-order valence-electron chi connectivity index (χ2n) is 12.0. The van der Waals surface area contributed by atoms with Gasteiger partial charge in [0.2, 0.25) is 11.9 Å². The molecular formula is C33H37F3N10O3. The SMILES string of the molecule is COc1ncc(-c2cnc(N(C(=O)NCc3ccccc3)[C@H]3CC[C@H](Nc4ncc(C(F)(F)F)c(N5CCC(O)CC5)n4)CC3)nc2)cn1. The molecule has 1 saturated carbocycles. The first-order chi connectivity index (χ1) is 23.7. The minimum atomic E-state index is -4.62. The average molecular weight is 679 g/mol. The lowest BCUT2D eigenvalue weighted by Gasteiger charge is -2.36. The van der Waals surface area contributed by atoms with E-state index in [0.717, 1.165) is 11.8 Å². The maximum Gasteiger partial charge on any atom is 0.421 e. The van der Waals surface area contributed by atoms with Crippen LogP contribution in [-0.4, -0.2) is 79.4 Å². The Bertz CT molecular complexity index is 1680. The van der Waals surface area contributed by atoms with Crippen LogP contribution in [0.15, 0.2) is 61.3 Å². The van der Waals surface area contributed by atoms with Gasteiger partial charge in [0, 0.05) is 73.8 Å². The fourth-order valence-corrected chi connectivity index (χ4v) is 6.07. The molecule has 13 nitrogen and oxygen atoms in total. The standard InChI is InChI=1S/C33H37F3N10O3/c1-49-31-40-18-23(19-41-31)22-16-38-30(39-17-22)46(32(48)42-15-21-5-3-2-4-6-21)25-9-7-24(8-10-25)43-29-37-20-27(33(34,35)36)28(44-29)45-13-11-26(47)12-14-45/h2-6,16-20,24-26,47H,7-15H2,1H3,(H,42,48)(H,37,43,44)/t24-,25-. The summed E-state index contributed by atoms with van der Waals surface area (Å²) < 4.78 is 46.6. The highest BCUT2D eigenvalue weighted by Gasteiger charge is 2.38. The summed E-state index contributed by atoms with van der Waals surface area (Å²) in [6, 6.07) is 9.08. The van der Waals surface area contributed by atoms with Gasteiger partial charge in [-0.15, -0.1) is 0 Å². The Kier molecular flexibility index (Phi) is 10.3. The molecule has 6 rings (SSSR count). The third kappa shape index (κ3) is 8.31. The van der Waals surface area contributed by atoms with Crippen LogP contribution in [0, 0.1) is 0 Å². The molecule has 2 amide bonds. The highest BCUT2D eigenvalue weighted by Crippen LogP contribution is 2.37. The second kappa shape index (κ2) is 15.0. The largest absolute Gasteiger partial charge is 0.467 e. The second-order valence-corrected chi connectivity index (χ2v) is 12.0. The highest BCUT2D eigenvalue weighted by atomic mass is 19.4. The predicted molar refractivity (Wildman–Crippen MR) is 175 cm³/mol. The minimum Gasteiger partial charge on any atom is -0.467 e. The molecule has 1 aliphatic heterocycles. The molecule has 4 aromatic rings. The number of halogens is 3. The molecule has 3 aromatic heterocycles. The first-order valence-corrected chi connectivity index (χ1v) is 16.1. The zero-order valence-electron chi connectivity index (χ0n) is 26.8. The first kappa shape index (κ1) is 33.8. The Labute approximate surface area is 281 Å². The van der Waals surface area contributed by atoms with Gasteiger partial charge in [-0.25, -0.2) is 29.7 Å². The van der Waals surface area contributed by atoms with Crippen molar-refractivity contribution < 1.29 is 27.8 Å². The van der Waals surface area contributed by atoms with Gasteiger partial charge in [-0.2, -0.15) is 18.2 Å².